The molecule has 2 amide bonds. The van der Waals surface area contributed by atoms with Crippen molar-refractivity contribution in [2.45, 2.75) is 69.5 Å². The van der Waals surface area contributed by atoms with Crippen LogP contribution in [0.2, 0.25) is 10.0 Å². The number of carbonyl (C=O) groups excluding carboxylic acids is 2. The summed E-state index contributed by atoms with van der Waals surface area (Å²) in [5.74, 6) is -0.782. The SMILES string of the molecule is CC[C@@H](C(=O)NC1CCCC1)N(Cc1ccc(Cl)cc1Cl)C(=O)CN(c1ccc(C)cc1)S(=O)(=O)c1ccccc1. The standard InChI is InChI=1S/C31H35Cl2N3O4S/c1-3-29(31(38)34-25-9-7-8-10-25)35(20-23-15-16-24(32)19-28(23)33)30(37)21-36(26-17-13-22(2)14-18-26)41(39,40)27-11-5-4-6-12-27/h4-6,11-19,25,29H,3,7-10,20-21H2,1-2H3,(H,34,38)/t29-/m0/s1. The van der Waals surface area contributed by atoms with Crippen LogP contribution in [0.25, 0.3) is 0 Å². The van der Waals surface area contributed by atoms with Gasteiger partial charge in [-0.15, -0.1) is 0 Å². The Balaban J connectivity index is 1.72. The molecule has 1 fully saturated rings. The van der Waals surface area contributed by atoms with Crippen LogP contribution in [0.15, 0.2) is 77.7 Å². The monoisotopic (exact) mass is 615 g/mol. The van der Waals surface area contributed by atoms with E-state index in [1.807, 2.05) is 13.8 Å². The largest absolute Gasteiger partial charge is 0.352 e. The van der Waals surface area contributed by atoms with Gasteiger partial charge < -0.3 is 10.2 Å². The van der Waals surface area contributed by atoms with Gasteiger partial charge in [-0.05, 0) is 68.1 Å². The smallest absolute Gasteiger partial charge is 0.264 e. The lowest BCUT2D eigenvalue weighted by molar-refractivity contribution is -0.140. The molecule has 0 bridgehead atoms. The number of hydrogen-bond acceptors (Lipinski definition) is 4. The van der Waals surface area contributed by atoms with Gasteiger partial charge in [-0.3, -0.25) is 13.9 Å². The van der Waals surface area contributed by atoms with E-state index in [2.05, 4.69) is 5.32 Å². The molecule has 0 spiro atoms. The first-order valence-corrected chi connectivity index (χ1v) is 16.0. The number of rotatable bonds is 11. The number of benzene rings is 3. The zero-order chi connectivity index (χ0) is 29.6. The second kappa shape index (κ2) is 13.7. The summed E-state index contributed by atoms with van der Waals surface area (Å²) in [5, 5.41) is 3.90. The third-order valence-electron chi connectivity index (χ3n) is 7.38. The Morgan fingerprint density at radius 2 is 1.63 bits per heavy atom. The summed E-state index contributed by atoms with van der Waals surface area (Å²) >= 11 is 12.6. The van der Waals surface area contributed by atoms with Gasteiger partial charge in [0, 0.05) is 22.6 Å². The maximum absolute atomic E-state index is 14.2. The van der Waals surface area contributed by atoms with Crippen molar-refractivity contribution in [3.63, 3.8) is 0 Å². The van der Waals surface area contributed by atoms with Crippen molar-refractivity contribution in [2.75, 3.05) is 10.8 Å². The van der Waals surface area contributed by atoms with Crippen LogP contribution in [0, 0.1) is 6.92 Å². The van der Waals surface area contributed by atoms with Crippen molar-refractivity contribution in [3.05, 3.63) is 94.0 Å². The lowest BCUT2D eigenvalue weighted by Crippen LogP contribution is -2.53. The van der Waals surface area contributed by atoms with Crippen molar-refractivity contribution < 1.29 is 18.0 Å². The fourth-order valence-electron chi connectivity index (χ4n) is 5.08. The average Bonchev–Trinajstić information content (AvgIpc) is 3.46. The van der Waals surface area contributed by atoms with E-state index in [4.69, 9.17) is 23.2 Å². The molecule has 1 aliphatic rings. The molecule has 3 aromatic carbocycles. The minimum Gasteiger partial charge on any atom is -0.352 e. The summed E-state index contributed by atoms with van der Waals surface area (Å²) < 4.78 is 28.8. The Morgan fingerprint density at radius 1 is 0.976 bits per heavy atom. The fraction of sp³-hybridized carbons (Fsp3) is 0.355. The molecule has 1 atom stereocenters. The molecular formula is C31H35Cl2N3O4S. The van der Waals surface area contributed by atoms with Crippen molar-refractivity contribution in [1.29, 1.82) is 0 Å². The number of aryl methyl sites for hydroxylation is 1. The van der Waals surface area contributed by atoms with E-state index in [0.29, 0.717) is 27.7 Å². The van der Waals surface area contributed by atoms with Crippen LogP contribution < -0.4 is 9.62 Å². The second-order valence-corrected chi connectivity index (χ2v) is 13.0. The van der Waals surface area contributed by atoms with E-state index in [0.717, 1.165) is 35.6 Å². The van der Waals surface area contributed by atoms with Gasteiger partial charge in [-0.2, -0.15) is 0 Å². The summed E-state index contributed by atoms with van der Waals surface area (Å²) in [6.45, 7) is 3.25. The van der Waals surface area contributed by atoms with Crippen molar-refractivity contribution in [2.24, 2.45) is 0 Å². The van der Waals surface area contributed by atoms with Crippen LogP contribution in [-0.4, -0.2) is 43.8 Å². The maximum atomic E-state index is 14.2. The molecule has 0 aliphatic heterocycles. The lowest BCUT2D eigenvalue weighted by atomic mass is 10.1. The predicted molar refractivity (Wildman–Crippen MR) is 164 cm³/mol. The Hall–Kier alpha value is -3.07. The summed E-state index contributed by atoms with van der Waals surface area (Å²) in [6.07, 6.45) is 4.23. The van der Waals surface area contributed by atoms with Gasteiger partial charge in [0.15, 0.2) is 0 Å². The third-order valence-corrected chi connectivity index (χ3v) is 9.75. The van der Waals surface area contributed by atoms with Crippen molar-refractivity contribution in [3.8, 4) is 0 Å². The molecule has 1 aliphatic carbocycles. The molecule has 1 saturated carbocycles. The Bertz CT molecular complexity index is 1460. The van der Waals surface area contributed by atoms with Crippen LogP contribution in [0.4, 0.5) is 5.69 Å². The highest BCUT2D eigenvalue weighted by atomic mass is 35.5. The van der Waals surface area contributed by atoms with Gasteiger partial charge in [0.2, 0.25) is 11.8 Å². The van der Waals surface area contributed by atoms with Gasteiger partial charge in [-0.1, -0.05) is 84.9 Å². The van der Waals surface area contributed by atoms with Crippen LogP contribution in [-0.2, 0) is 26.2 Å². The first-order valence-electron chi connectivity index (χ1n) is 13.8. The Labute approximate surface area is 252 Å². The highest BCUT2D eigenvalue weighted by molar-refractivity contribution is 7.92. The first-order chi connectivity index (χ1) is 19.6. The van der Waals surface area contributed by atoms with Crippen LogP contribution in [0.1, 0.15) is 50.2 Å². The highest BCUT2D eigenvalue weighted by Crippen LogP contribution is 2.27. The average molecular weight is 617 g/mol. The molecule has 4 rings (SSSR count). The molecule has 0 unspecified atom stereocenters. The van der Waals surface area contributed by atoms with Gasteiger partial charge >= 0.3 is 0 Å². The van der Waals surface area contributed by atoms with E-state index in [-0.39, 0.29) is 23.4 Å². The van der Waals surface area contributed by atoms with Gasteiger partial charge in [0.05, 0.1) is 10.6 Å². The van der Waals surface area contributed by atoms with E-state index < -0.39 is 28.5 Å². The summed E-state index contributed by atoms with van der Waals surface area (Å²) in [4.78, 5) is 29.2. The molecule has 0 heterocycles. The molecule has 10 heteroatoms. The zero-order valence-electron chi connectivity index (χ0n) is 23.2. The number of sulfonamides is 1. The number of nitrogens with one attached hydrogen (secondary N) is 1. The fourth-order valence-corrected chi connectivity index (χ4v) is 6.98. The zero-order valence-corrected chi connectivity index (χ0v) is 25.6. The molecule has 7 nitrogen and oxygen atoms in total. The molecule has 3 aromatic rings. The normalized spacial score (nSPS) is 14.4. The maximum Gasteiger partial charge on any atom is 0.264 e. The van der Waals surface area contributed by atoms with Crippen LogP contribution >= 0.6 is 23.2 Å². The first kappa shape index (κ1) is 30.9. The number of carbonyl (C=O) groups is 2. The molecule has 0 aromatic heterocycles. The summed E-state index contributed by atoms with van der Waals surface area (Å²) in [7, 11) is -4.11. The van der Waals surface area contributed by atoms with E-state index in [9.17, 15) is 18.0 Å². The summed E-state index contributed by atoms with van der Waals surface area (Å²) in [5.41, 5.74) is 1.90. The van der Waals surface area contributed by atoms with E-state index in [1.165, 1.54) is 17.0 Å². The molecule has 0 radical (unpaired) electrons. The van der Waals surface area contributed by atoms with Gasteiger partial charge in [-0.25, -0.2) is 8.42 Å². The Morgan fingerprint density at radius 3 is 2.24 bits per heavy atom. The minimum atomic E-state index is -4.11. The third kappa shape index (κ3) is 7.61. The second-order valence-electron chi connectivity index (χ2n) is 10.3. The quantitative estimate of drug-likeness (QED) is 0.272. The number of nitrogens with zero attached hydrogens (tertiary/aromatic N) is 2. The number of anilines is 1. The van der Waals surface area contributed by atoms with E-state index >= 15 is 0 Å². The molecule has 41 heavy (non-hydrogen) atoms. The van der Waals surface area contributed by atoms with Crippen molar-refractivity contribution >= 4 is 50.7 Å². The molecule has 1 N–H and O–H groups in total. The highest BCUT2D eigenvalue weighted by Gasteiger charge is 2.34. The molecule has 0 saturated heterocycles. The van der Waals surface area contributed by atoms with Crippen LogP contribution in [0.3, 0.4) is 0 Å². The number of halogens is 2. The van der Waals surface area contributed by atoms with Gasteiger partial charge in [0.1, 0.15) is 12.6 Å². The topological polar surface area (TPSA) is 86.8 Å². The number of amides is 2. The van der Waals surface area contributed by atoms with Crippen LogP contribution in [0.5, 0.6) is 0 Å². The molecule has 218 valence electrons. The molecular weight excluding hydrogens is 581 g/mol. The van der Waals surface area contributed by atoms with Gasteiger partial charge in [0.25, 0.3) is 10.0 Å². The minimum absolute atomic E-state index is 0.0125. The lowest BCUT2D eigenvalue weighted by Gasteiger charge is -2.34. The Kier molecular flexibility index (Phi) is 10.3. The number of hydrogen-bond donors (Lipinski definition) is 1. The summed E-state index contributed by atoms with van der Waals surface area (Å²) in [6, 6.07) is 19.1. The van der Waals surface area contributed by atoms with Crippen molar-refractivity contribution in [1.82, 2.24) is 10.2 Å². The van der Waals surface area contributed by atoms with E-state index in [1.54, 1.807) is 60.7 Å². The predicted octanol–water partition coefficient (Wildman–Crippen LogP) is 6.36.